The van der Waals surface area contributed by atoms with Crippen molar-refractivity contribution in [1.29, 1.82) is 0 Å². The number of sulfonamides is 1. The number of hydrogen-bond donors (Lipinski definition) is 3. The van der Waals surface area contributed by atoms with E-state index in [0.717, 1.165) is 25.7 Å². The lowest BCUT2D eigenvalue weighted by atomic mass is 9.75. The van der Waals surface area contributed by atoms with Crippen LogP contribution in [0.4, 0.5) is 0 Å². The van der Waals surface area contributed by atoms with Crippen LogP contribution < -0.4 is 10.5 Å². The number of aromatic nitrogens is 1. The molecule has 7 heteroatoms. The van der Waals surface area contributed by atoms with Crippen LogP contribution in [0.2, 0.25) is 0 Å². The van der Waals surface area contributed by atoms with E-state index in [4.69, 9.17) is 5.14 Å². The molecule has 4 N–H and O–H groups in total. The van der Waals surface area contributed by atoms with Crippen LogP contribution in [0.25, 0.3) is 0 Å². The molecule has 1 aliphatic rings. The van der Waals surface area contributed by atoms with Gasteiger partial charge in [-0.3, -0.25) is 4.79 Å². The highest BCUT2D eigenvalue weighted by atomic mass is 32.2. The minimum absolute atomic E-state index is 0.0765. The summed E-state index contributed by atoms with van der Waals surface area (Å²) in [5.41, 5.74) is 0.563. The van der Waals surface area contributed by atoms with Crippen molar-refractivity contribution in [2.24, 2.45) is 10.6 Å². The molecule has 1 fully saturated rings. The molecule has 0 radical (unpaired) electrons. The van der Waals surface area contributed by atoms with Gasteiger partial charge in [-0.1, -0.05) is 13.8 Å². The predicted molar refractivity (Wildman–Crippen MR) is 75.7 cm³/mol. The summed E-state index contributed by atoms with van der Waals surface area (Å²) in [4.78, 5) is 14.6. The molecule has 0 aromatic carbocycles. The van der Waals surface area contributed by atoms with Crippen molar-refractivity contribution in [3.8, 4) is 0 Å². The van der Waals surface area contributed by atoms with E-state index < -0.39 is 10.0 Å². The van der Waals surface area contributed by atoms with E-state index >= 15 is 0 Å². The fourth-order valence-electron chi connectivity index (χ4n) is 2.48. The number of carbonyl (C=O) groups is 1. The Hall–Kier alpha value is -1.34. The van der Waals surface area contributed by atoms with Gasteiger partial charge in [0.05, 0.1) is 4.90 Å². The Balaban J connectivity index is 1.98. The minimum atomic E-state index is -3.78. The molecule has 1 aliphatic carbocycles. The molecule has 20 heavy (non-hydrogen) atoms. The van der Waals surface area contributed by atoms with Gasteiger partial charge < -0.3 is 10.3 Å². The molecule has 112 valence electrons. The average Bonchev–Trinajstić information content (AvgIpc) is 2.81. The first-order valence-electron chi connectivity index (χ1n) is 6.69. The molecular formula is C13H21N3O3S. The SMILES string of the molecule is CC1(C)CCC(NC(=O)c2cc(S(N)(=O)=O)c[nH]2)CC1. The lowest BCUT2D eigenvalue weighted by Gasteiger charge is -2.34. The van der Waals surface area contributed by atoms with Crippen molar-refractivity contribution in [2.45, 2.75) is 50.5 Å². The third-order valence-corrected chi connectivity index (χ3v) is 4.80. The van der Waals surface area contributed by atoms with E-state index in [1.54, 1.807) is 0 Å². The van der Waals surface area contributed by atoms with Gasteiger partial charge in [0.1, 0.15) is 5.69 Å². The second kappa shape index (κ2) is 5.21. The number of aromatic amines is 1. The van der Waals surface area contributed by atoms with Crippen LogP contribution in [0.5, 0.6) is 0 Å². The van der Waals surface area contributed by atoms with Gasteiger partial charge in [-0.15, -0.1) is 0 Å². The Bertz CT molecular complexity index is 594. The molecule has 1 aromatic rings. The van der Waals surface area contributed by atoms with E-state index in [1.807, 2.05) is 0 Å². The molecule has 1 aromatic heterocycles. The average molecular weight is 299 g/mol. The molecule has 0 atom stereocenters. The number of primary sulfonamides is 1. The van der Waals surface area contributed by atoms with Gasteiger partial charge in [-0.25, -0.2) is 13.6 Å². The van der Waals surface area contributed by atoms with Crippen LogP contribution in [0.3, 0.4) is 0 Å². The molecule has 0 spiro atoms. The maximum atomic E-state index is 12.0. The van der Waals surface area contributed by atoms with Crippen molar-refractivity contribution >= 4 is 15.9 Å². The molecule has 0 aliphatic heterocycles. The summed E-state index contributed by atoms with van der Waals surface area (Å²) in [7, 11) is -3.78. The van der Waals surface area contributed by atoms with E-state index in [1.165, 1.54) is 12.3 Å². The fraction of sp³-hybridized carbons (Fsp3) is 0.615. The molecule has 1 saturated carbocycles. The normalized spacial score (nSPS) is 19.8. The Kier molecular flexibility index (Phi) is 3.93. The summed E-state index contributed by atoms with van der Waals surface area (Å²) in [6, 6.07) is 1.41. The number of amides is 1. The lowest BCUT2D eigenvalue weighted by molar-refractivity contribution is 0.0904. The maximum absolute atomic E-state index is 12.0. The van der Waals surface area contributed by atoms with Gasteiger partial charge in [-0.2, -0.15) is 0 Å². The van der Waals surface area contributed by atoms with Crippen molar-refractivity contribution < 1.29 is 13.2 Å². The van der Waals surface area contributed by atoms with Crippen molar-refractivity contribution in [1.82, 2.24) is 10.3 Å². The molecule has 0 bridgehead atoms. The van der Waals surface area contributed by atoms with Gasteiger partial charge in [0.15, 0.2) is 0 Å². The van der Waals surface area contributed by atoms with Crippen molar-refractivity contribution in [3.63, 3.8) is 0 Å². The van der Waals surface area contributed by atoms with E-state index in [-0.39, 0.29) is 22.5 Å². The number of hydrogen-bond acceptors (Lipinski definition) is 3. The summed E-state index contributed by atoms with van der Waals surface area (Å²) in [6.45, 7) is 4.46. The molecule has 1 amide bonds. The van der Waals surface area contributed by atoms with Crippen LogP contribution >= 0.6 is 0 Å². The van der Waals surface area contributed by atoms with E-state index in [0.29, 0.717) is 5.41 Å². The summed E-state index contributed by atoms with van der Waals surface area (Å²) in [6.07, 6.45) is 5.27. The van der Waals surface area contributed by atoms with E-state index in [2.05, 4.69) is 24.1 Å². The molecule has 1 heterocycles. The van der Waals surface area contributed by atoms with Gasteiger partial charge in [0.2, 0.25) is 10.0 Å². The minimum Gasteiger partial charge on any atom is -0.356 e. The second-order valence-corrected chi connectivity index (χ2v) is 7.77. The van der Waals surface area contributed by atoms with Gasteiger partial charge in [0.25, 0.3) is 5.91 Å². The third kappa shape index (κ3) is 3.61. The maximum Gasteiger partial charge on any atom is 0.267 e. The van der Waals surface area contributed by atoms with Gasteiger partial charge in [-0.05, 0) is 37.2 Å². The van der Waals surface area contributed by atoms with Crippen LogP contribution in [0.15, 0.2) is 17.2 Å². The Morgan fingerprint density at radius 1 is 1.40 bits per heavy atom. The summed E-state index contributed by atoms with van der Waals surface area (Å²) in [5, 5.41) is 7.94. The summed E-state index contributed by atoms with van der Waals surface area (Å²) < 4.78 is 22.3. The zero-order valence-corrected chi connectivity index (χ0v) is 12.6. The number of rotatable bonds is 3. The van der Waals surface area contributed by atoms with Crippen LogP contribution in [-0.4, -0.2) is 25.4 Å². The number of carbonyl (C=O) groups excluding carboxylic acids is 1. The van der Waals surface area contributed by atoms with Crippen molar-refractivity contribution in [2.75, 3.05) is 0 Å². The smallest absolute Gasteiger partial charge is 0.267 e. The Labute approximate surface area is 119 Å². The zero-order chi connectivity index (χ0) is 15.0. The molecule has 2 rings (SSSR count). The van der Waals surface area contributed by atoms with Gasteiger partial charge in [0, 0.05) is 12.2 Å². The lowest BCUT2D eigenvalue weighted by Crippen LogP contribution is -2.39. The highest BCUT2D eigenvalue weighted by Crippen LogP contribution is 2.35. The predicted octanol–water partition coefficient (Wildman–Crippen LogP) is 1.36. The molecule has 0 saturated heterocycles. The number of nitrogens with one attached hydrogen (secondary N) is 2. The zero-order valence-electron chi connectivity index (χ0n) is 11.8. The van der Waals surface area contributed by atoms with Crippen LogP contribution in [0.1, 0.15) is 50.0 Å². The van der Waals surface area contributed by atoms with Crippen LogP contribution in [0, 0.1) is 5.41 Å². The first-order valence-corrected chi connectivity index (χ1v) is 8.24. The topological polar surface area (TPSA) is 105 Å². The summed E-state index contributed by atoms with van der Waals surface area (Å²) in [5.74, 6) is -0.287. The molecular weight excluding hydrogens is 278 g/mol. The van der Waals surface area contributed by atoms with Crippen LogP contribution in [-0.2, 0) is 10.0 Å². The second-order valence-electron chi connectivity index (χ2n) is 6.21. The Morgan fingerprint density at radius 2 is 2.00 bits per heavy atom. The standard InChI is InChI=1S/C13H21N3O3S/c1-13(2)5-3-9(4-6-13)16-12(17)11-7-10(8-15-11)20(14,18)19/h7-9,15H,3-6H2,1-2H3,(H,16,17)(H2,14,18,19). The number of nitrogens with two attached hydrogens (primary N) is 1. The third-order valence-electron chi connectivity index (χ3n) is 3.90. The van der Waals surface area contributed by atoms with Gasteiger partial charge >= 0.3 is 0 Å². The number of H-pyrrole nitrogens is 1. The van der Waals surface area contributed by atoms with E-state index in [9.17, 15) is 13.2 Å². The first kappa shape index (κ1) is 15.1. The summed E-state index contributed by atoms with van der Waals surface area (Å²) >= 11 is 0. The quantitative estimate of drug-likeness (QED) is 0.784. The Morgan fingerprint density at radius 3 is 2.50 bits per heavy atom. The highest BCUT2D eigenvalue weighted by Gasteiger charge is 2.28. The monoisotopic (exact) mass is 299 g/mol. The molecule has 0 unspecified atom stereocenters. The fourth-order valence-corrected chi connectivity index (χ4v) is 2.98. The molecule has 6 nitrogen and oxygen atoms in total. The first-order chi connectivity index (χ1) is 9.17. The highest BCUT2D eigenvalue weighted by molar-refractivity contribution is 7.89. The van der Waals surface area contributed by atoms with Crippen molar-refractivity contribution in [3.05, 3.63) is 18.0 Å². The largest absolute Gasteiger partial charge is 0.356 e.